The van der Waals surface area contributed by atoms with E-state index in [1.54, 1.807) is 9.91 Å². The standard InChI is InChI=1S/C17H28N6O4/c1-4-12(2)14(18-17(26)27)16(25)20-5-7-22(8-6-20)23-11-21-10-19(3)9-13(21)15(23)24/h9,12,14,18H,4-8,10-11H2,1-3H3,(H,26,27)/t12-,14+/m0/s1. The van der Waals surface area contributed by atoms with E-state index in [-0.39, 0.29) is 17.7 Å². The Labute approximate surface area is 158 Å². The van der Waals surface area contributed by atoms with Crippen LogP contribution in [0.25, 0.3) is 0 Å². The van der Waals surface area contributed by atoms with Crippen LogP contribution in [0.5, 0.6) is 0 Å². The number of amides is 3. The quantitative estimate of drug-likeness (QED) is 0.668. The van der Waals surface area contributed by atoms with Gasteiger partial charge in [-0.05, 0) is 5.92 Å². The molecule has 27 heavy (non-hydrogen) atoms. The Kier molecular flexibility index (Phi) is 5.45. The lowest BCUT2D eigenvalue weighted by atomic mass is 9.97. The zero-order valence-electron chi connectivity index (χ0n) is 16.1. The van der Waals surface area contributed by atoms with Crippen molar-refractivity contribution >= 4 is 17.9 Å². The topological polar surface area (TPSA) is 99.7 Å². The number of carbonyl (C=O) groups excluding carboxylic acids is 2. The highest BCUT2D eigenvalue weighted by atomic mass is 16.4. The summed E-state index contributed by atoms with van der Waals surface area (Å²) in [7, 11) is 1.94. The van der Waals surface area contributed by atoms with E-state index in [1.807, 2.05) is 41.9 Å². The molecule has 3 rings (SSSR count). The van der Waals surface area contributed by atoms with Crippen molar-refractivity contribution in [3.63, 3.8) is 0 Å². The van der Waals surface area contributed by atoms with E-state index in [2.05, 4.69) is 5.32 Å². The molecule has 0 radical (unpaired) electrons. The van der Waals surface area contributed by atoms with Gasteiger partial charge in [-0.3, -0.25) is 9.59 Å². The number of carbonyl (C=O) groups is 3. The molecule has 3 heterocycles. The Morgan fingerprint density at radius 3 is 2.44 bits per heavy atom. The summed E-state index contributed by atoms with van der Waals surface area (Å²) in [5.74, 6) is -0.281. The van der Waals surface area contributed by atoms with E-state index in [1.165, 1.54) is 0 Å². The predicted octanol–water partition coefficient (Wildman–Crippen LogP) is -0.426. The lowest BCUT2D eigenvalue weighted by Gasteiger charge is -2.40. The summed E-state index contributed by atoms with van der Waals surface area (Å²) in [4.78, 5) is 42.1. The van der Waals surface area contributed by atoms with Gasteiger partial charge in [0.25, 0.3) is 5.91 Å². The molecule has 0 unspecified atom stereocenters. The molecule has 0 aliphatic carbocycles. The number of nitrogens with zero attached hydrogens (tertiary/aromatic N) is 5. The average Bonchev–Trinajstić information content (AvgIpc) is 3.16. The van der Waals surface area contributed by atoms with Crippen molar-refractivity contribution < 1.29 is 19.5 Å². The Balaban J connectivity index is 1.58. The number of hydrogen-bond acceptors (Lipinski definition) is 6. The Morgan fingerprint density at radius 2 is 1.89 bits per heavy atom. The molecule has 0 bridgehead atoms. The molecule has 3 aliphatic rings. The van der Waals surface area contributed by atoms with Crippen LogP contribution in [0.15, 0.2) is 11.9 Å². The summed E-state index contributed by atoms with van der Waals surface area (Å²) in [6.07, 6.45) is 1.38. The van der Waals surface area contributed by atoms with E-state index < -0.39 is 12.1 Å². The third kappa shape index (κ3) is 3.80. The molecule has 2 atom stereocenters. The number of piperazine rings is 1. The van der Waals surface area contributed by atoms with Crippen molar-refractivity contribution in [2.45, 2.75) is 26.3 Å². The second-order valence-electron chi connectivity index (χ2n) is 7.39. The van der Waals surface area contributed by atoms with E-state index in [4.69, 9.17) is 5.11 Å². The van der Waals surface area contributed by atoms with Crippen molar-refractivity contribution in [2.24, 2.45) is 5.92 Å². The first-order chi connectivity index (χ1) is 12.8. The molecular formula is C17H28N6O4. The minimum Gasteiger partial charge on any atom is -0.465 e. The largest absolute Gasteiger partial charge is 0.465 e. The Hall–Kier alpha value is -2.49. The highest BCUT2D eigenvalue weighted by Crippen LogP contribution is 2.26. The van der Waals surface area contributed by atoms with E-state index in [9.17, 15) is 14.4 Å². The predicted molar refractivity (Wildman–Crippen MR) is 96.8 cm³/mol. The molecule has 0 aromatic rings. The number of carboxylic acid groups (broad SMARTS) is 1. The van der Waals surface area contributed by atoms with E-state index in [0.29, 0.717) is 51.6 Å². The van der Waals surface area contributed by atoms with Gasteiger partial charge in [-0.1, -0.05) is 20.3 Å². The normalized spacial score (nSPS) is 22.6. The van der Waals surface area contributed by atoms with Crippen LogP contribution >= 0.6 is 0 Å². The fourth-order valence-corrected chi connectivity index (χ4v) is 3.73. The fraction of sp³-hybridized carbons (Fsp3) is 0.706. The van der Waals surface area contributed by atoms with Gasteiger partial charge in [0.15, 0.2) is 0 Å². The second-order valence-corrected chi connectivity index (χ2v) is 7.39. The Bertz CT molecular complexity index is 645. The first kappa shape index (κ1) is 19.3. The van der Waals surface area contributed by atoms with Gasteiger partial charge in [-0.15, -0.1) is 0 Å². The van der Waals surface area contributed by atoms with Gasteiger partial charge >= 0.3 is 6.09 Å². The van der Waals surface area contributed by atoms with Gasteiger partial charge in [-0.25, -0.2) is 14.8 Å². The van der Waals surface area contributed by atoms with Crippen molar-refractivity contribution in [3.8, 4) is 0 Å². The van der Waals surface area contributed by atoms with Crippen LogP contribution in [0.3, 0.4) is 0 Å². The third-order valence-electron chi connectivity index (χ3n) is 5.50. The maximum atomic E-state index is 12.8. The molecule has 10 nitrogen and oxygen atoms in total. The highest BCUT2D eigenvalue weighted by Gasteiger charge is 2.41. The molecule has 0 spiro atoms. The van der Waals surface area contributed by atoms with Crippen molar-refractivity contribution in [1.29, 1.82) is 0 Å². The minimum atomic E-state index is -1.19. The molecule has 10 heteroatoms. The molecule has 2 fully saturated rings. The molecule has 2 N–H and O–H groups in total. The monoisotopic (exact) mass is 380 g/mol. The molecule has 3 amide bonds. The Morgan fingerprint density at radius 1 is 1.22 bits per heavy atom. The molecule has 0 saturated carbocycles. The van der Waals surface area contributed by atoms with Crippen LogP contribution in [0.2, 0.25) is 0 Å². The van der Waals surface area contributed by atoms with Gasteiger partial charge < -0.3 is 25.1 Å². The summed E-state index contributed by atoms with van der Waals surface area (Å²) in [5.41, 5.74) is 0.707. The lowest BCUT2D eigenvalue weighted by Crippen LogP contribution is -2.59. The number of nitrogens with one attached hydrogen (secondary N) is 1. The SMILES string of the molecule is CC[C@H](C)[C@@H](NC(=O)O)C(=O)N1CCN(N2CN3CN(C)C=C3C2=O)CC1. The zero-order valence-corrected chi connectivity index (χ0v) is 16.1. The molecule has 0 aromatic heterocycles. The third-order valence-corrected chi connectivity index (χ3v) is 5.50. The van der Waals surface area contributed by atoms with Crippen LogP contribution in [0, 0.1) is 5.92 Å². The van der Waals surface area contributed by atoms with Crippen molar-refractivity contribution in [1.82, 2.24) is 30.0 Å². The maximum Gasteiger partial charge on any atom is 0.405 e. The van der Waals surface area contributed by atoms with Crippen LogP contribution in [0.4, 0.5) is 4.79 Å². The lowest BCUT2D eigenvalue weighted by molar-refractivity contribution is -0.149. The number of hydrazine groups is 1. The average molecular weight is 380 g/mol. The smallest absolute Gasteiger partial charge is 0.405 e. The summed E-state index contributed by atoms with van der Waals surface area (Å²) < 4.78 is 0. The van der Waals surface area contributed by atoms with Gasteiger partial charge in [0.1, 0.15) is 18.4 Å². The first-order valence-electron chi connectivity index (χ1n) is 9.33. The zero-order chi connectivity index (χ0) is 19.7. The van der Waals surface area contributed by atoms with E-state index >= 15 is 0 Å². The molecule has 2 saturated heterocycles. The van der Waals surface area contributed by atoms with Gasteiger partial charge in [0.2, 0.25) is 5.91 Å². The molecular weight excluding hydrogens is 352 g/mol. The summed E-state index contributed by atoms with van der Waals surface area (Å²) >= 11 is 0. The number of fused-ring (bicyclic) bond motifs is 1. The van der Waals surface area contributed by atoms with E-state index in [0.717, 1.165) is 0 Å². The highest BCUT2D eigenvalue weighted by molar-refractivity contribution is 5.94. The summed E-state index contributed by atoms with van der Waals surface area (Å²) in [5, 5.41) is 15.1. The maximum absolute atomic E-state index is 12.8. The molecule has 150 valence electrons. The van der Waals surface area contributed by atoms with Crippen LogP contribution in [-0.4, -0.2) is 100 Å². The van der Waals surface area contributed by atoms with Gasteiger partial charge in [-0.2, -0.15) is 0 Å². The number of hydrogen-bond donors (Lipinski definition) is 2. The molecule has 3 aliphatic heterocycles. The number of rotatable bonds is 5. The second kappa shape index (κ2) is 7.63. The minimum absolute atomic E-state index is 0.0100. The van der Waals surface area contributed by atoms with Crippen LogP contribution in [0.1, 0.15) is 20.3 Å². The molecule has 0 aromatic carbocycles. The van der Waals surface area contributed by atoms with Crippen LogP contribution < -0.4 is 5.32 Å². The van der Waals surface area contributed by atoms with Crippen molar-refractivity contribution in [3.05, 3.63) is 11.9 Å². The first-order valence-corrected chi connectivity index (χ1v) is 9.33. The van der Waals surface area contributed by atoms with Gasteiger partial charge in [0.05, 0.1) is 6.67 Å². The van der Waals surface area contributed by atoms with Gasteiger partial charge in [0, 0.05) is 39.4 Å². The summed E-state index contributed by atoms with van der Waals surface area (Å²) in [6.45, 7) is 7.07. The fourth-order valence-electron chi connectivity index (χ4n) is 3.73. The van der Waals surface area contributed by atoms with Crippen molar-refractivity contribution in [2.75, 3.05) is 46.6 Å². The van der Waals surface area contributed by atoms with Crippen LogP contribution in [-0.2, 0) is 9.59 Å². The summed E-state index contributed by atoms with van der Waals surface area (Å²) in [6, 6.07) is -0.737.